The van der Waals surface area contributed by atoms with E-state index in [-0.39, 0.29) is 5.69 Å². The Labute approximate surface area is 172 Å². The van der Waals surface area contributed by atoms with Gasteiger partial charge in [-0.05, 0) is 54.6 Å². The zero-order chi connectivity index (χ0) is 20.9. The van der Waals surface area contributed by atoms with Crippen LogP contribution in [0.3, 0.4) is 0 Å². The Hall–Kier alpha value is -4.26. The van der Waals surface area contributed by atoms with Crippen LogP contribution in [0.5, 0.6) is 5.75 Å². The number of ether oxygens (including phenoxy) is 1. The van der Waals surface area contributed by atoms with Gasteiger partial charge in [-0.2, -0.15) is 0 Å². The molecule has 7 nitrogen and oxygen atoms in total. The SMILES string of the molecule is COc1ccc2oc(-c3ccc(N=C/C=C/c4ccccc4[N+](=O)[O-])cc3)nc2c1. The zero-order valence-corrected chi connectivity index (χ0v) is 16.1. The molecule has 4 aromatic rings. The van der Waals surface area contributed by atoms with Gasteiger partial charge >= 0.3 is 0 Å². The fourth-order valence-corrected chi connectivity index (χ4v) is 2.92. The van der Waals surface area contributed by atoms with E-state index in [0.717, 1.165) is 22.5 Å². The standard InChI is InChI=1S/C23H17N3O4/c1-29-19-12-13-22-20(15-19)25-23(30-22)17-8-10-18(11-9-17)24-14-4-6-16-5-2-3-7-21(16)26(27)28/h2-15H,1H3/b6-4+,24-14?. The summed E-state index contributed by atoms with van der Waals surface area (Å²) in [5.41, 5.74) is 3.57. The van der Waals surface area contributed by atoms with Crippen molar-refractivity contribution in [2.24, 2.45) is 4.99 Å². The summed E-state index contributed by atoms with van der Waals surface area (Å²) in [5.74, 6) is 1.24. The number of para-hydroxylation sites is 1. The molecule has 0 radical (unpaired) electrons. The van der Waals surface area contributed by atoms with Crippen LogP contribution in [0.25, 0.3) is 28.6 Å². The maximum Gasteiger partial charge on any atom is 0.276 e. The third kappa shape index (κ3) is 4.10. The first-order chi connectivity index (χ1) is 14.6. The number of methoxy groups -OCH3 is 1. The first kappa shape index (κ1) is 19.1. The number of benzene rings is 3. The molecule has 148 valence electrons. The highest BCUT2D eigenvalue weighted by atomic mass is 16.6. The Morgan fingerprint density at radius 1 is 1.10 bits per heavy atom. The molecule has 0 fully saturated rings. The number of nitro benzene ring substituents is 1. The maximum atomic E-state index is 11.0. The number of hydrogen-bond donors (Lipinski definition) is 0. The largest absolute Gasteiger partial charge is 0.497 e. The molecule has 0 bridgehead atoms. The van der Waals surface area contributed by atoms with E-state index in [9.17, 15) is 10.1 Å². The molecule has 0 spiro atoms. The Morgan fingerprint density at radius 3 is 2.67 bits per heavy atom. The number of allylic oxidation sites excluding steroid dienone is 1. The van der Waals surface area contributed by atoms with E-state index >= 15 is 0 Å². The molecule has 0 unspecified atom stereocenters. The lowest BCUT2D eigenvalue weighted by Crippen LogP contribution is -1.90. The normalized spacial score (nSPS) is 11.5. The lowest BCUT2D eigenvalue weighted by molar-refractivity contribution is -0.385. The monoisotopic (exact) mass is 399 g/mol. The van der Waals surface area contributed by atoms with Gasteiger partial charge in [0.25, 0.3) is 5.69 Å². The average molecular weight is 399 g/mol. The van der Waals surface area contributed by atoms with Crippen LogP contribution in [0.2, 0.25) is 0 Å². The van der Waals surface area contributed by atoms with E-state index < -0.39 is 4.92 Å². The maximum absolute atomic E-state index is 11.0. The predicted molar refractivity (Wildman–Crippen MR) is 116 cm³/mol. The Bertz CT molecular complexity index is 1260. The van der Waals surface area contributed by atoms with Crippen LogP contribution < -0.4 is 4.74 Å². The van der Waals surface area contributed by atoms with Gasteiger partial charge < -0.3 is 9.15 Å². The number of hydrogen-bond acceptors (Lipinski definition) is 6. The van der Waals surface area contributed by atoms with Crippen molar-refractivity contribution in [2.75, 3.05) is 7.11 Å². The van der Waals surface area contributed by atoms with Crippen LogP contribution in [0.15, 0.2) is 82.2 Å². The summed E-state index contributed by atoms with van der Waals surface area (Å²) in [5, 5.41) is 11.0. The van der Waals surface area contributed by atoms with E-state index in [1.165, 1.54) is 6.07 Å². The van der Waals surface area contributed by atoms with Gasteiger partial charge in [-0.15, -0.1) is 0 Å². The van der Waals surface area contributed by atoms with Crippen molar-refractivity contribution in [3.05, 3.63) is 88.5 Å². The van der Waals surface area contributed by atoms with E-state index in [1.807, 2.05) is 42.5 Å². The second-order valence-electron chi connectivity index (χ2n) is 6.35. The Kier molecular flexibility index (Phi) is 5.34. The summed E-state index contributed by atoms with van der Waals surface area (Å²) in [6, 6.07) is 19.5. The summed E-state index contributed by atoms with van der Waals surface area (Å²) in [7, 11) is 1.61. The zero-order valence-electron chi connectivity index (χ0n) is 16.1. The number of fused-ring (bicyclic) bond motifs is 1. The minimum Gasteiger partial charge on any atom is -0.497 e. The van der Waals surface area contributed by atoms with E-state index in [2.05, 4.69) is 9.98 Å². The molecule has 0 atom stereocenters. The van der Waals surface area contributed by atoms with Gasteiger partial charge in [-0.3, -0.25) is 15.1 Å². The van der Waals surface area contributed by atoms with Gasteiger partial charge in [-0.1, -0.05) is 12.1 Å². The van der Waals surface area contributed by atoms with E-state index in [4.69, 9.17) is 9.15 Å². The summed E-state index contributed by atoms with van der Waals surface area (Å²) in [6.45, 7) is 0. The van der Waals surface area contributed by atoms with Crippen LogP contribution in [-0.2, 0) is 0 Å². The first-order valence-corrected chi connectivity index (χ1v) is 9.13. The molecule has 30 heavy (non-hydrogen) atoms. The Morgan fingerprint density at radius 2 is 1.90 bits per heavy atom. The van der Waals surface area contributed by atoms with Crippen molar-refractivity contribution >= 4 is 34.8 Å². The van der Waals surface area contributed by atoms with Crippen LogP contribution >= 0.6 is 0 Å². The summed E-state index contributed by atoms with van der Waals surface area (Å²) >= 11 is 0. The lowest BCUT2D eigenvalue weighted by atomic mass is 10.1. The number of aliphatic imine (C=N–C) groups is 1. The summed E-state index contributed by atoms with van der Waals surface area (Å²) in [6.07, 6.45) is 4.92. The van der Waals surface area contributed by atoms with Crippen molar-refractivity contribution in [1.82, 2.24) is 4.98 Å². The minimum absolute atomic E-state index is 0.0578. The van der Waals surface area contributed by atoms with Gasteiger partial charge in [0.2, 0.25) is 5.89 Å². The quantitative estimate of drug-likeness (QED) is 0.231. The number of nitro groups is 1. The fraction of sp³-hybridized carbons (Fsp3) is 0.0435. The average Bonchev–Trinajstić information content (AvgIpc) is 3.20. The highest BCUT2D eigenvalue weighted by Crippen LogP contribution is 2.28. The van der Waals surface area contributed by atoms with Crippen LogP contribution in [0.1, 0.15) is 5.56 Å². The molecule has 1 aromatic heterocycles. The second kappa shape index (κ2) is 8.40. The molecule has 0 saturated carbocycles. The molecular weight excluding hydrogens is 382 g/mol. The minimum atomic E-state index is -0.405. The van der Waals surface area contributed by atoms with Gasteiger partial charge in [0.05, 0.1) is 23.3 Å². The molecule has 0 aliphatic carbocycles. The first-order valence-electron chi connectivity index (χ1n) is 9.13. The van der Waals surface area contributed by atoms with Crippen molar-refractivity contribution in [2.45, 2.75) is 0 Å². The molecule has 0 aliphatic heterocycles. The molecule has 7 heteroatoms. The number of rotatable bonds is 6. The third-order valence-electron chi connectivity index (χ3n) is 4.43. The number of oxazole rings is 1. The van der Waals surface area contributed by atoms with Gasteiger partial charge in [0.1, 0.15) is 11.3 Å². The molecule has 3 aromatic carbocycles. The highest BCUT2D eigenvalue weighted by Gasteiger charge is 2.10. The van der Waals surface area contributed by atoms with Crippen molar-refractivity contribution in [3.8, 4) is 17.2 Å². The summed E-state index contributed by atoms with van der Waals surface area (Å²) < 4.78 is 11.0. The molecule has 4 rings (SSSR count). The van der Waals surface area contributed by atoms with Gasteiger partial charge in [0.15, 0.2) is 5.58 Å². The smallest absolute Gasteiger partial charge is 0.276 e. The van der Waals surface area contributed by atoms with Crippen molar-refractivity contribution in [1.29, 1.82) is 0 Å². The lowest BCUT2D eigenvalue weighted by Gasteiger charge is -1.97. The fourth-order valence-electron chi connectivity index (χ4n) is 2.92. The molecule has 0 aliphatic rings. The van der Waals surface area contributed by atoms with E-state index in [0.29, 0.717) is 17.0 Å². The van der Waals surface area contributed by atoms with Crippen molar-refractivity contribution in [3.63, 3.8) is 0 Å². The topological polar surface area (TPSA) is 90.8 Å². The molecule has 0 N–H and O–H groups in total. The number of aromatic nitrogens is 1. The highest BCUT2D eigenvalue weighted by molar-refractivity contribution is 5.82. The number of nitrogens with zero attached hydrogens (tertiary/aromatic N) is 3. The summed E-state index contributed by atoms with van der Waals surface area (Å²) in [4.78, 5) is 19.5. The molecule has 1 heterocycles. The van der Waals surface area contributed by atoms with Crippen LogP contribution in [-0.4, -0.2) is 23.2 Å². The van der Waals surface area contributed by atoms with Crippen LogP contribution in [0.4, 0.5) is 11.4 Å². The second-order valence-corrected chi connectivity index (χ2v) is 6.35. The van der Waals surface area contributed by atoms with Crippen LogP contribution in [0, 0.1) is 10.1 Å². The Balaban J connectivity index is 1.48. The predicted octanol–water partition coefficient (Wildman–Crippen LogP) is 5.83. The third-order valence-corrected chi connectivity index (χ3v) is 4.43. The molecule has 0 amide bonds. The van der Waals surface area contributed by atoms with E-state index in [1.54, 1.807) is 43.7 Å². The van der Waals surface area contributed by atoms with Gasteiger partial charge in [-0.25, -0.2) is 4.98 Å². The molecule has 0 saturated heterocycles. The van der Waals surface area contributed by atoms with Gasteiger partial charge in [0, 0.05) is 23.9 Å². The van der Waals surface area contributed by atoms with Crippen molar-refractivity contribution < 1.29 is 14.1 Å². The molecular formula is C23H17N3O4.